The van der Waals surface area contributed by atoms with E-state index in [4.69, 9.17) is 0 Å². The number of piperazine rings is 1. The van der Waals surface area contributed by atoms with Crippen molar-refractivity contribution in [2.45, 2.75) is 19.3 Å². The molecule has 0 spiro atoms. The minimum atomic E-state index is 0.197. The summed E-state index contributed by atoms with van der Waals surface area (Å²) in [4.78, 5) is 25.1. The third kappa shape index (κ3) is 2.81. The highest BCUT2D eigenvalue weighted by Gasteiger charge is 2.27. The van der Waals surface area contributed by atoms with Gasteiger partial charge in [-0.1, -0.05) is 12.2 Å². The maximum absolute atomic E-state index is 12.4. The molecule has 3 rings (SSSR count). The molecule has 2 heterocycles. The predicted octanol–water partition coefficient (Wildman–Crippen LogP) is 1.48. The van der Waals surface area contributed by atoms with Crippen molar-refractivity contribution in [3.8, 4) is 0 Å². The van der Waals surface area contributed by atoms with E-state index in [-0.39, 0.29) is 5.92 Å². The summed E-state index contributed by atoms with van der Waals surface area (Å²) in [6, 6.07) is 0. The summed E-state index contributed by atoms with van der Waals surface area (Å²) in [5, 5.41) is 0. The zero-order valence-electron chi connectivity index (χ0n) is 11.6. The van der Waals surface area contributed by atoms with E-state index in [2.05, 4.69) is 27.0 Å². The summed E-state index contributed by atoms with van der Waals surface area (Å²) >= 11 is 0. The Hall–Kier alpha value is -1.91. The third-order valence-electron chi connectivity index (χ3n) is 4.08. The second-order valence-electron chi connectivity index (χ2n) is 5.36. The van der Waals surface area contributed by atoms with Crippen molar-refractivity contribution in [1.82, 2.24) is 14.9 Å². The molecular weight excluding hydrogens is 252 g/mol. The zero-order valence-corrected chi connectivity index (χ0v) is 11.6. The van der Waals surface area contributed by atoms with Crippen LogP contribution in [0.25, 0.3) is 0 Å². The van der Waals surface area contributed by atoms with Gasteiger partial charge in [-0.25, -0.2) is 4.98 Å². The number of carbonyl (C=O) groups is 1. The first-order valence-corrected chi connectivity index (χ1v) is 7.29. The van der Waals surface area contributed by atoms with Gasteiger partial charge in [0.15, 0.2) is 0 Å². The van der Waals surface area contributed by atoms with Gasteiger partial charge < -0.3 is 9.80 Å². The molecular formula is C15H20N4O. The van der Waals surface area contributed by atoms with E-state index >= 15 is 0 Å². The van der Waals surface area contributed by atoms with E-state index in [1.54, 1.807) is 18.6 Å². The molecule has 106 valence electrons. The molecule has 2 aliphatic rings. The first-order valence-electron chi connectivity index (χ1n) is 7.29. The summed E-state index contributed by atoms with van der Waals surface area (Å²) in [6.45, 7) is 3.26. The minimum absolute atomic E-state index is 0.197. The average molecular weight is 272 g/mol. The summed E-state index contributed by atoms with van der Waals surface area (Å²) in [6.07, 6.45) is 12.4. The highest BCUT2D eigenvalue weighted by atomic mass is 16.2. The average Bonchev–Trinajstić information content (AvgIpc) is 2.56. The largest absolute Gasteiger partial charge is 0.352 e. The van der Waals surface area contributed by atoms with Crippen molar-refractivity contribution >= 4 is 11.7 Å². The lowest BCUT2D eigenvalue weighted by molar-refractivity contribution is -0.136. The van der Waals surface area contributed by atoms with Gasteiger partial charge >= 0.3 is 0 Å². The highest BCUT2D eigenvalue weighted by molar-refractivity contribution is 5.79. The summed E-state index contributed by atoms with van der Waals surface area (Å²) in [5.74, 6) is 1.43. The predicted molar refractivity (Wildman–Crippen MR) is 77.3 cm³/mol. The fourth-order valence-corrected chi connectivity index (χ4v) is 2.89. The molecule has 0 N–H and O–H groups in total. The number of nitrogens with zero attached hydrogens (tertiary/aromatic N) is 4. The van der Waals surface area contributed by atoms with Crippen LogP contribution >= 0.6 is 0 Å². The van der Waals surface area contributed by atoms with E-state index in [9.17, 15) is 4.79 Å². The van der Waals surface area contributed by atoms with Gasteiger partial charge in [0.05, 0.1) is 6.20 Å². The molecule has 1 aromatic rings. The molecule has 1 atom stereocenters. The van der Waals surface area contributed by atoms with E-state index in [1.807, 2.05) is 4.90 Å². The fourth-order valence-electron chi connectivity index (χ4n) is 2.89. The van der Waals surface area contributed by atoms with E-state index in [0.29, 0.717) is 5.91 Å². The van der Waals surface area contributed by atoms with E-state index in [0.717, 1.165) is 51.3 Å². The smallest absolute Gasteiger partial charge is 0.226 e. The second-order valence-corrected chi connectivity index (χ2v) is 5.36. The van der Waals surface area contributed by atoms with Crippen LogP contribution in [0.5, 0.6) is 0 Å². The number of amides is 1. The maximum Gasteiger partial charge on any atom is 0.226 e. The van der Waals surface area contributed by atoms with Gasteiger partial charge in [0.1, 0.15) is 5.82 Å². The van der Waals surface area contributed by atoms with Crippen LogP contribution in [0.15, 0.2) is 30.7 Å². The lowest BCUT2D eigenvalue weighted by Gasteiger charge is -2.37. The molecule has 20 heavy (non-hydrogen) atoms. The molecule has 1 amide bonds. The SMILES string of the molecule is O=C(C1CC=CCC1)N1CCN(c2cnccn2)CC1. The molecule has 1 aliphatic heterocycles. The normalized spacial score (nSPS) is 22.9. The molecule has 5 heteroatoms. The first kappa shape index (κ1) is 13.1. The monoisotopic (exact) mass is 272 g/mol. The molecule has 5 nitrogen and oxygen atoms in total. The van der Waals surface area contributed by atoms with E-state index < -0.39 is 0 Å². The highest BCUT2D eigenvalue weighted by Crippen LogP contribution is 2.22. The quantitative estimate of drug-likeness (QED) is 0.765. The molecule has 0 bridgehead atoms. The standard InChI is InChI=1S/C15H20N4O/c20-15(13-4-2-1-3-5-13)19-10-8-18(9-11-19)14-12-16-6-7-17-14/h1-2,6-7,12-13H,3-5,8-11H2. The molecule has 0 radical (unpaired) electrons. The number of aromatic nitrogens is 2. The Labute approximate surface area is 119 Å². The number of hydrogen-bond acceptors (Lipinski definition) is 4. The minimum Gasteiger partial charge on any atom is -0.352 e. The van der Waals surface area contributed by atoms with Crippen LogP contribution in [0, 0.1) is 5.92 Å². The van der Waals surface area contributed by atoms with Crippen LogP contribution in [-0.4, -0.2) is 47.0 Å². The van der Waals surface area contributed by atoms with Crippen molar-refractivity contribution in [1.29, 1.82) is 0 Å². The molecule has 0 aromatic carbocycles. The Morgan fingerprint density at radius 1 is 1.15 bits per heavy atom. The Morgan fingerprint density at radius 2 is 2.00 bits per heavy atom. The molecule has 1 aromatic heterocycles. The van der Waals surface area contributed by atoms with Crippen molar-refractivity contribution < 1.29 is 4.79 Å². The Bertz CT molecular complexity index is 480. The number of hydrogen-bond donors (Lipinski definition) is 0. The molecule has 1 aliphatic carbocycles. The van der Waals surface area contributed by atoms with E-state index in [1.165, 1.54) is 0 Å². The lowest BCUT2D eigenvalue weighted by Crippen LogP contribution is -2.50. The van der Waals surface area contributed by atoms with Crippen LogP contribution in [0.1, 0.15) is 19.3 Å². The summed E-state index contributed by atoms with van der Waals surface area (Å²) in [5.41, 5.74) is 0. The van der Waals surface area contributed by atoms with Gasteiger partial charge in [-0.15, -0.1) is 0 Å². The topological polar surface area (TPSA) is 49.3 Å². The van der Waals surface area contributed by atoms with Crippen LogP contribution in [0.2, 0.25) is 0 Å². The Balaban J connectivity index is 1.56. The third-order valence-corrected chi connectivity index (χ3v) is 4.08. The Morgan fingerprint density at radius 3 is 2.65 bits per heavy atom. The number of rotatable bonds is 2. The maximum atomic E-state index is 12.4. The zero-order chi connectivity index (χ0) is 13.8. The van der Waals surface area contributed by atoms with Crippen LogP contribution in [0.3, 0.4) is 0 Å². The van der Waals surface area contributed by atoms with Gasteiger partial charge in [-0.2, -0.15) is 0 Å². The molecule has 1 fully saturated rings. The number of anilines is 1. The van der Waals surface area contributed by atoms with Gasteiger partial charge in [0.2, 0.25) is 5.91 Å². The fraction of sp³-hybridized carbons (Fsp3) is 0.533. The molecule has 1 unspecified atom stereocenters. The van der Waals surface area contributed by atoms with Crippen LogP contribution < -0.4 is 4.90 Å². The molecule has 0 saturated carbocycles. The summed E-state index contributed by atoms with van der Waals surface area (Å²) < 4.78 is 0. The number of allylic oxidation sites excluding steroid dienone is 2. The second kappa shape index (κ2) is 6.03. The van der Waals surface area contributed by atoms with Crippen molar-refractivity contribution in [3.63, 3.8) is 0 Å². The van der Waals surface area contributed by atoms with Crippen molar-refractivity contribution in [2.24, 2.45) is 5.92 Å². The van der Waals surface area contributed by atoms with Gasteiger partial charge in [0.25, 0.3) is 0 Å². The Kier molecular flexibility index (Phi) is 3.95. The first-order chi connectivity index (χ1) is 9.84. The molecule has 1 saturated heterocycles. The van der Waals surface area contributed by atoms with Crippen molar-refractivity contribution in [3.05, 3.63) is 30.7 Å². The van der Waals surface area contributed by atoms with Gasteiger partial charge in [-0.3, -0.25) is 9.78 Å². The summed E-state index contributed by atoms with van der Waals surface area (Å²) in [7, 11) is 0. The lowest BCUT2D eigenvalue weighted by atomic mass is 9.93. The van der Waals surface area contributed by atoms with Gasteiger partial charge in [-0.05, 0) is 19.3 Å². The van der Waals surface area contributed by atoms with Crippen molar-refractivity contribution in [2.75, 3.05) is 31.1 Å². The van der Waals surface area contributed by atoms with Crippen LogP contribution in [-0.2, 0) is 4.79 Å². The van der Waals surface area contributed by atoms with Crippen LogP contribution in [0.4, 0.5) is 5.82 Å². The van der Waals surface area contributed by atoms with Gasteiger partial charge in [0, 0.05) is 44.5 Å². The number of carbonyl (C=O) groups excluding carboxylic acids is 1.